The van der Waals surface area contributed by atoms with Gasteiger partial charge in [0.15, 0.2) is 5.82 Å². The van der Waals surface area contributed by atoms with Crippen LogP contribution in [0.5, 0.6) is 0 Å². The van der Waals surface area contributed by atoms with E-state index in [1.807, 2.05) is 0 Å². The lowest BCUT2D eigenvalue weighted by Gasteiger charge is -2.25. The van der Waals surface area contributed by atoms with E-state index in [9.17, 15) is 19.1 Å². The number of carbonyl (C=O) groups is 2. The van der Waals surface area contributed by atoms with Gasteiger partial charge >= 0.3 is 11.8 Å². The Morgan fingerprint density at radius 3 is 2.52 bits per heavy atom. The monoisotopic (exact) mass is 314 g/mol. The number of hydrogen-bond acceptors (Lipinski definition) is 3. The fourth-order valence-electron chi connectivity index (χ4n) is 2.25. The lowest BCUT2D eigenvalue weighted by molar-refractivity contribution is -0.136. The van der Waals surface area contributed by atoms with Crippen LogP contribution in [-0.2, 0) is 9.59 Å². The predicted molar refractivity (Wildman–Crippen MR) is 76.4 cm³/mol. The second-order valence-corrected chi connectivity index (χ2v) is 5.44. The molecule has 0 radical (unpaired) electrons. The van der Waals surface area contributed by atoms with Gasteiger partial charge in [0.2, 0.25) is 0 Å². The average Bonchev–Trinajstić information content (AvgIpc) is 2.46. The summed E-state index contributed by atoms with van der Waals surface area (Å²) in [6.07, 6.45) is 2.08. The molecule has 1 saturated carbocycles. The number of nitrogens with one attached hydrogen (secondary N) is 2. The molecule has 0 bridgehead atoms. The molecule has 0 atom stereocenters. The molecule has 7 heteroatoms. The van der Waals surface area contributed by atoms with Crippen LogP contribution in [0.1, 0.15) is 25.7 Å². The third-order valence-electron chi connectivity index (χ3n) is 3.44. The molecule has 2 amide bonds. The maximum Gasteiger partial charge on any atom is 0.313 e. The molecule has 0 unspecified atom stereocenters. The fourth-order valence-corrected chi connectivity index (χ4v) is 2.43. The van der Waals surface area contributed by atoms with Gasteiger partial charge in [-0.2, -0.15) is 0 Å². The number of aliphatic hydroxyl groups is 1. The molecule has 1 aliphatic rings. The van der Waals surface area contributed by atoms with Crippen molar-refractivity contribution < 1.29 is 19.1 Å². The zero-order valence-electron chi connectivity index (χ0n) is 11.2. The molecule has 2 rings (SSSR count). The first-order chi connectivity index (χ1) is 9.97. The molecule has 0 saturated heterocycles. The third kappa shape index (κ3) is 4.15. The van der Waals surface area contributed by atoms with Crippen LogP contribution in [0.3, 0.4) is 0 Å². The maximum absolute atomic E-state index is 13.6. The first-order valence-electron chi connectivity index (χ1n) is 6.71. The van der Waals surface area contributed by atoms with Crippen molar-refractivity contribution in [3.63, 3.8) is 0 Å². The lowest BCUT2D eigenvalue weighted by Crippen LogP contribution is -2.44. The Labute approximate surface area is 126 Å². The van der Waals surface area contributed by atoms with Crippen molar-refractivity contribution in [3.8, 4) is 0 Å². The molecule has 0 spiro atoms. The van der Waals surface area contributed by atoms with E-state index in [-0.39, 0.29) is 22.9 Å². The molecular formula is C14H16ClFN2O3. The van der Waals surface area contributed by atoms with Gasteiger partial charge in [-0.05, 0) is 37.8 Å². The second-order valence-electron chi connectivity index (χ2n) is 5.03. The fraction of sp³-hybridized carbons (Fsp3) is 0.429. The Morgan fingerprint density at radius 1 is 1.19 bits per heavy atom. The second kappa shape index (κ2) is 6.87. The highest BCUT2D eigenvalue weighted by atomic mass is 35.5. The summed E-state index contributed by atoms with van der Waals surface area (Å²) < 4.78 is 13.6. The van der Waals surface area contributed by atoms with Gasteiger partial charge in [-0.15, -0.1) is 0 Å². The summed E-state index contributed by atoms with van der Waals surface area (Å²) in [5.74, 6) is -2.54. The molecule has 0 aliphatic heterocycles. The summed E-state index contributed by atoms with van der Waals surface area (Å²) in [6.45, 7) is 0. The molecule has 1 fully saturated rings. The smallest absolute Gasteiger partial charge is 0.313 e. The minimum atomic E-state index is -0.942. The molecule has 0 heterocycles. The van der Waals surface area contributed by atoms with E-state index >= 15 is 0 Å². The first kappa shape index (κ1) is 15.7. The molecule has 21 heavy (non-hydrogen) atoms. The zero-order valence-corrected chi connectivity index (χ0v) is 12.0. The highest BCUT2D eigenvalue weighted by Gasteiger charge is 2.24. The van der Waals surface area contributed by atoms with Crippen LogP contribution in [0.4, 0.5) is 10.1 Å². The minimum Gasteiger partial charge on any atom is -0.393 e. The van der Waals surface area contributed by atoms with Gasteiger partial charge in [0.25, 0.3) is 0 Å². The minimum absolute atomic E-state index is 0.130. The van der Waals surface area contributed by atoms with Crippen molar-refractivity contribution in [3.05, 3.63) is 29.0 Å². The molecule has 1 aliphatic carbocycles. The topological polar surface area (TPSA) is 78.4 Å². The van der Waals surface area contributed by atoms with E-state index in [2.05, 4.69) is 10.6 Å². The number of anilines is 1. The summed E-state index contributed by atoms with van der Waals surface area (Å²) in [7, 11) is 0. The SMILES string of the molecule is O=C(Nc1cccc(Cl)c1F)C(=O)NC1CCC(O)CC1. The van der Waals surface area contributed by atoms with Gasteiger partial charge in [-0.3, -0.25) is 9.59 Å². The predicted octanol–water partition coefficient (Wildman–Crippen LogP) is 1.84. The van der Waals surface area contributed by atoms with Gasteiger partial charge in [0.05, 0.1) is 16.8 Å². The third-order valence-corrected chi connectivity index (χ3v) is 3.73. The summed E-state index contributed by atoms with van der Waals surface area (Å²) in [6, 6.07) is 4.00. The number of benzene rings is 1. The largest absolute Gasteiger partial charge is 0.393 e. The van der Waals surface area contributed by atoms with Crippen LogP contribution >= 0.6 is 11.6 Å². The van der Waals surface area contributed by atoms with Crippen LogP contribution < -0.4 is 10.6 Å². The van der Waals surface area contributed by atoms with Crippen molar-refractivity contribution in [1.29, 1.82) is 0 Å². The van der Waals surface area contributed by atoms with Gasteiger partial charge in [0.1, 0.15) is 0 Å². The average molecular weight is 315 g/mol. The molecule has 114 valence electrons. The Hall–Kier alpha value is -1.66. The molecule has 3 N–H and O–H groups in total. The maximum atomic E-state index is 13.6. The number of carbonyl (C=O) groups excluding carboxylic acids is 2. The van der Waals surface area contributed by atoms with Crippen LogP contribution in [-0.4, -0.2) is 29.1 Å². The quantitative estimate of drug-likeness (QED) is 0.729. The van der Waals surface area contributed by atoms with Gasteiger partial charge < -0.3 is 15.7 Å². The van der Waals surface area contributed by atoms with Crippen molar-refractivity contribution in [2.24, 2.45) is 0 Å². The van der Waals surface area contributed by atoms with E-state index in [4.69, 9.17) is 11.6 Å². The molecule has 1 aromatic rings. The highest BCUT2D eigenvalue weighted by molar-refractivity contribution is 6.40. The number of halogens is 2. The Bertz CT molecular complexity index is 545. The summed E-state index contributed by atoms with van der Waals surface area (Å²) in [5, 5.41) is 14.0. The van der Waals surface area contributed by atoms with Crippen LogP contribution in [0.2, 0.25) is 5.02 Å². The van der Waals surface area contributed by atoms with Crippen molar-refractivity contribution in [1.82, 2.24) is 5.32 Å². The van der Waals surface area contributed by atoms with Crippen LogP contribution in [0.15, 0.2) is 18.2 Å². The van der Waals surface area contributed by atoms with Gasteiger partial charge in [-0.1, -0.05) is 17.7 Å². The van der Waals surface area contributed by atoms with E-state index in [0.29, 0.717) is 25.7 Å². The van der Waals surface area contributed by atoms with E-state index in [0.717, 1.165) is 0 Å². The van der Waals surface area contributed by atoms with E-state index in [1.54, 1.807) is 0 Å². The van der Waals surface area contributed by atoms with Crippen molar-refractivity contribution in [2.75, 3.05) is 5.32 Å². The highest BCUT2D eigenvalue weighted by Crippen LogP contribution is 2.22. The molecule has 5 nitrogen and oxygen atoms in total. The molecular weight excluding hydrogens is 299 g/mol. The normalized spacial score (nSPS) is 21.7. The van der Waals surface area contributed by atoms with Gasteiger partial charge in [-0.25, -0.2) is 4.39 Å². The van der Waals surface area contributed by atoms with Crippen LogP contribution in [0, 0.1) is 5.82 Å². The summed E-state index contributed by atoms with van der Waals surface area (Å²) >= 11 is 5.60. The van der Waals surface area contributed by atoms with E-state index in [1.165, 1.54) is 18.2 Å². The lowest BCUT2D eigenvalue weighted by atomic mass is 9.93. The Kier molecular flexibility index (Phi) is 5.14. The molecule has 1 aromatic carbocycles. The summed E-state index contributed by atoms with van der Waals surface area (Å²) in [5.41, 5.74) is -0.137. The Balaban J connectivity index is 1.91. The van der Waals surface area contributed by atoms with Crippen molar-refractivity contribution in [2.45, 2.75) is 37.8 Å². The summed E-state index contributed by atoms with van der Waals surface area (Å²) in [4.78, 5) is 23.5. The van der Waals surface area contributed by atoms with E-state index < -0.39 is 17.6 Å². The number of rotatable bonds is 2. The first-order valence-corrected chi connectivity index (χ1v) is 7.09. The van der Waals surface area contributed by atoms with Gasteiger partial charge in [0, 0.05) is 6.04 Å². The number of aliphatic hydroxyl groups excluding tert-OH is 1. The Morgan fingerprint density at radius 2 is 1.86 bits per heavy atom. The molecule has 0 aromatic heterocycles. The standard InChI is InChI=1S/C14H16ClFN2O3/c15-10-2-1-3-11(12(10)16)18-14(21)13(20)17-8-4-6-9(19)7-5-8/h1-3,8-9,19H,4-7H2,(H,17,20)(H,18,21). The number of amides is 2. The van der Waals surface area contributed by atoms with Crippen LogP contribution in [0.25, 0.3) is 0 Å². The van der Waals surface area contributed by atoms with Crippen molar-refractivity contribution >= 4 is 29.1 Å². The zero-order chi connectivity index (χ0) is 15.4. The number of hydrogen-bond donors (Lipinski definition) is 3.